The normalized spacial score (nSPS) is 16.9. The lowest BCUT2D eigenvalue weighted by Crippen LogP contribution is -2.08. The summed E-state index contributed by atoms with van der Waals surface area (Å²) in [6.07, 6.45) is 3.85. The van der Waals surface area contributed by atoms with Crippen molar-refractivity contribution in [2.75, 3.05) is 0 Å². The lowest BCUT2D eigenvalue weighted by atomic mass is 10.1. The molecule has 0 fully saturated rings. The summed E-state index contributed by atoms with van der Waals surface area (Å²) in [6.45, 7) is 1.54. The first-order chi connectivity index (χ1) is 9.79. The summed E-state index contributed by atoms with van der Waals surface area (Å²) in [6, 6.07) is 4.62. The Balaban J connectivity index is 2.44. The van der Waals surface area contributed by atoms with Crippen molar-refractivity contribution in [1.82, 2.24) is 0 Å². The van der Waals surface area contributed by atoms with Crippen molar-refractivity contribution < 1.29 is 18.1 Å². The van der Waals surface area contributed by atoms with Crippen LogP contribution in [-0.4, -0.2) is 24.8 Å². The lowest BCUT2D eigenvalue weighted by molar-refractivity contribution is -0.385. The molecule has 0 aromatic heterocycles. The van der Waals surface area contributed by atoms with Gasteiger partial charge in [-0.1, -0.05) is 6.07 Å². The zero-order valence-corrected chi connectivity index (χ0v) is 11.7. The van der Waals surface area contributed by atoms with Crippen molar-refractivity contribution >= 4 is 27.2 Å². The highest BCUT2D eigenvalue weighted by molar-refractivity contribution is 7.90. The highest BCUT2D eigenvalue weighted by Gasteiger charge is 2.18. The van der Waals surface area contributed by atoms with E-state index in [-0.39, 0.29) is 22.1 Å². The van der Waals surface area contributed by atoms with Gasteiger partial charge in [-0.25, -0.2) is 0 Å². The van der Waals surface area contributed by atoms with Gasteiger partial charge in [-0.15, -0.1) is 0 Å². The molecule has 0 unspecified atom stereocenters. The Hall–Kier alpha value is -2.61. The van der Waals surface area contributed by atoms with Crippen molar-refractivity contribution in [2.24, 2.45) is 4.40 Å². The predicted octanol–water partition coefficient (Wildman–Crippen LogP) is 1.81. The topological polar surface area (TPSA) is 107 Å². The number of rotatable bonds is 3. The van der Waals surface area contributed by atoms with E-state index in [0.717, 1.165) is 6.07 Å². The smallest absolute Gasteiger partial charge is 0.283 e. The number of nitro groups is 1. The van der Waals surface area contributed by atoms with Crippen LogP contribution in [0.3, 0.4) is 0 Å². The van der Waals surface area contributed by atoms with E-state index >= 15 is 0 Å². The van der Waals surface area contributed by atoms with E-state index in [9.17, 15) is 23.3 Å². The fourth-order valence-corrected chi connectivity index (χ4v) is 2.66. The molecule has 8 heteroatoms. The summed E-state index contributed by atoms with van der Waals surface area (Å²) in [4.78, 5) is 21.0. The Morgan fingerprint density at radius 1 is 1.24 bits per heavy atom. The number of carbonyl (C=O) groups is 1. The molecular weight excluding hydrogens is 296 g/mol. The second-order valence-electron chi connectivity index (χ2n) is 4.27. The number of nitrogens with zero attached hydrogens (tertiary/aromatic N) is 2. The Kier molecular flexibility index (Phi) is 3.81. The minimum Gasteiger partial charge on any atom is -0.290 e. The maximum Gasteiger partial charge on any atom is 0.283 e. The zero-order chi connectivity index (χ0) is 15.6. The number of hydrogen-bond acceptors (Lipinski definition) is 5. The third-order valence-electron chi connectivity index (χ3n) is 2.71. The van der Waals surface area contributed by atoms with Crippen LogP contribution in [0.2, 0.25) is 0 Å². The molecule has 0 saturated carbocycles. The zero-order valence-electron chi connectivity index (χ0n) is 10.9. The number of benzene rings is 1. The van der Waals surface area contributed by atoms with Crippen LogP contribution < -0.4 is 0 Å². The third-order valence-corrected chi connectivity index (χ3v) is 4.01. The van der Waals surface area contributed by atoms with Crippen molar-refractivity contribution in [2.45, 2.75) is 11.8 Å². The van der Waals surface area contributed by atoms with E-state index in [4.69, 9.17) is 0 Å². The predicted molar refractivity (Wildman–Crippen MR) is 75.6 cm³/mol. The van der Waals surface area contributed by atoms with E-state index in [0.29, 0.717) is 5.57 Å². The summed E-state index contributed by atoms with van der Waals surface area (Å²) in [7, 11) is -4.08. The maximum absolute atomic E-state index is 12.1. The van der Waals surface area contributed by atoms with Crippen molar-refractivity contribution in [3.8, 4) is 0 Å². The van der Waals surface area contributed by atoms with Gasteiger partial charge in [0.1, 0.15) is 0 Å². The minimum atomic E-state index is -4.08. The fourth-order valence-electron chi connectivity index (χ4n) is 1.64. The van der Waals surface area contributed by atoms with E-state index < -0.39 is 14.9 Å². The van der Waals surface area contributed by atoms with Gasteiger partial charge in [0.2, 0.25) is 0 Å². The van der Waals surface area contributed by atoms with E-state index in [1.165, 1.54) is 36.4 Å². The summed E-state index contributed by atoms with van der Waals surface area (Å²) >= 11 is 0. The van der Waals surface area contributed by atoms with Gasteiger partial charge in [0, 0.05) is 12.1 Å². The molecule has 0 aliphatic heterocycles. The Labute approximate surface area is 120 Å². The molecule has 108 valence electrons. The Morgan fingerprint density at radius 3 is 2.57 bits per heavy atom. The first-order valence-corrected chi connectivity index (χ1v) is 7.24. The van der Waals surface area contributed by atoms with Gasteiger partial charge in [0.15, 0.2) is 5.78 Å². The number of carbonyl (C=O) groups excluding carboxylic acids is 1. The number of non-ortho nitro benzene ring substituents is 1. The number of hydrogen-bond donors (Lipinski definition) is 0. The SMILES string of the molecule is CC1=C/C(=N\S(=O)(=O)c2cccc([N+](=O)[O-])c2)C=CC1=O. The molecule has 21 heavy (non-hydrogen) atoms. The van der Waals surface area contributed by atoms with Crippen LogP contribution in [0.5, 0.6) is 0 Å². The van der Waals surface area contributed by atoms with E-state index in [1.807, 2.05) is 0 Å². The van der Waals surface area contributed by atoms with Crippen LogP contribution >= 0.6 is 0 Å². The van der Waals surface area contributed by atoms with Crippen molar-refractivity contribution in [3.63, 3.8) is 0 Å². The highest BCUT2D eigenvalue weighted by Crippen LogP contribution is 2.20. The van der Waals surface area contributed by atoms with Gasteiger partial charge in [-0.05, 0) is 36.8 Å². The van der Waals surface area contributed by atoms with Gasteiger partial charge >= 0.3 is 0 Å². The number of sulfonamides is 1. The summed E-state index contributed by atoms with van der Waals surface area (Å²) in [5.74, 6) is -0.221. The molecule has 7 nitrogen and oxygen atoms in total. The van der Waals surface area contributed by atoms with Gasteiger partial charge < -0.3 is 0 Å². The molecule has 0 radical (unpaired) electrons. The van der Waals surface area contributed by atoms with Crippen LogP contribution in [0, 0.1) is 10.1 Å². The molecule has 0 spiro atoms. The largest absolute Gasteiger partial charge is 0.290 e. The van der Waals surface area contributed by atoms with Gasteiger partial charge in [0.25, 0.3) is 15.7 Å². The highest BCUT2D eigenvalue weighted by atomic mass is 32.2. The summed E-state index contributed by atoms with van der Waals surface area (Å²) in [5, 5.41) is 10.7. The molecule has 1 aromatic rings. The Morgan fingerprint density at radius 2 is 1.95 bits per heavy atom. The summed E-state index contributed by atoms with van der Waals surface area (Å²) in [5.41, 5.74) is 0.126. The molecule has 1 aromatic carbocycles. The molecule has 0 heterocycles. The first kappa shape index (κ1) is 14.8. The molecule has 2 rings (SSSR count). The molecule has 0 atom stereocenters. The average molecular weight is 306 g/mol. The Bertz CT molecular complexity index is 819. The molecular formula is C13H10N2O5S. The van der Waals surface area contributed by atoms with Gasteiger partial charge in [-0.2, -0.15) is 12.8 Å². The molecule has 0 N–H and O–H groups in total. The summed E-state index contributed by atoms with van der Waals surface area (Å²) < 4.78 is 27.8. The lowest BCUT2D eigenvalue weighted by Gasteiger charge is -2.04. The van der Waals surface area contributed by atoms with Gasteiger partial charge in [-0.3, -0.25) is 14.9 Å². The standard InChI is InChI=1S/C13H10N2O5S/c1-9-7-10(5-6-13(9)16)14-21(19,20)12-4-2-3-11(8-12)15(17)18/h2-8H,1H3/b14-10-. The van der Waals surface area contributed by atoms with Gasteiger partial charge in [0.05, 0.1) is 15.5 Å². The molecule has 1 aliphatic rings. The monoisotopic (exact) mass is 306 g/mol. The molecule has 0 amide bonds. The number of allylic oxidation sites excluding steroid dienone is 4. The van der Waals surface area contributed by atoms with Crippen LogP contribution in [0.25, 0.3) is 0 Å². The molecule has 0 bridgehead atoms. The van der Waals surface area contributed by atoms with Crippen LogP contribution in [0.15, 0.2) is 57.4 Å². The second-order valence-corrected chi connectivity index (χ2v) is 5.87. The first-order valence-electron chi connectivity index (χ1n) is 5.80. The molecule has 0 saturated heterocycles. The average Bonchev–Trinajstić information content (AvgIpc) is 2.43. The third kappa shape index (κ3) is 3.29. The van der Waals surface area contributed by atoms with Crippen LogP contribution in [0.4, 0.5) is 5.69 Å². The second kappa shape index (κ2) is 5.41. The fraction of sp³-hybridized carbons (Fsp3) is 0.0769. The van der Waals surface area contributed by atoms with Crippen LogP contribution in [0.1, 0.15) is 6.92 Å². The number of nitro benzene ring substituents is 1. The van der Waals surface area contributed by atoms with Crippen molar-refractivity contribution in [3.05, 3.63) is 58.2 Å². The van der Waals surface area contributed by atoms with E-state index in [2.05, 4.69) is 4.40 Å². The maximum atomic E-state index is 12.1. The van der Waals surface area contributed by atoms with E-state index in [1.54, 1.807) is 6.92 Å². The van der Waals surface area contributed by atoms with Crippen LogP contribution in [-0.2, 0) is 14.8 Å². The minimum absolute atomic E-state index is 0.0959. The molecule has 1 aliphatic carbocycles. The number of ketones is 1. The quantitative estimate of drug-likeness (QED) is 0.481. The van der Waals surface area contributed by atoms with Crippen molar-refractivity contribution in [1.29, 1.82) is 0 Å².